The molecule has 1 aliphatic rings. The van der Waals surface area contributed by atoms with Crippen molar-refractivity contribution < 1.29 is 18.7 Å². The summed E-state index contributed by atoms with van der Waals surface area (Å²) in [5.74, 6) is -0.0849. The Morgan fingerprint density at radius 3 is 2.69 bits per heavy atom. The molecule has 1 atom stereocenters. The van der Waals surface area contributed by atoms with Gasteiger partial charge in [0.2, 0.25) is 5.76 Å². The minimum atomic E-state index is -0.558. The van der Waals surface area contributed by atoms with Crippen LogP contribution >= 0.6 is 24.0 Å². The number of thiocarbonyl (C=S) groups is 1. The highest BCUT2D eigenvalue weighted by molar-refractivity contribution is 8.26. The third-order valence-corrected chi connectivity index (χ3v) is 5.30. The maximum absolute atomic E-state index is 12.5. The maximum atomic E-state index is 12.5. The average molecular weight is 387 g/mol. The molecule has 1 unspecified atom stereocenters. The van der Waals surface area contributed by atoms with Crippen molar-refractivity contribution in [1.82, 2.24) is 4.90 Å². The summed E-state index contributed by atoms with van der Waals surface area (Å²) in [6.45, 7) is 4.01. The van der Waals surface area contributed by atoms with Crippen molar-refractivity contribution in [3.8, 4) is 5.75 Å². The van der Waals surface area contributed by atoms with Crippen LogP contribution in [0.2, 0.25) is 0 Å². The van der Waals surface area contributed by atoms with E-state index in [9.17, 15) is 9.59 Å². The van der Waals surface area contributed by atoms with Crippen LogP contribution in [0.4, 0.5) is 0 Å². The molecule has 134 valence electrons. The van der Waals surface area contributed by atoms with Crippen LogP contribution in [0.25, 0.3) is 6.08 Å². The molecule has 2 aromatic rings. The lowest BCUT2D eigenvalue weighted by atomic mass is 10.2. The third kappa shape index (κ3) is 3.89. The summed E-state index contributed by atoms with van der Waals surface area (Å²) in [5.41, 5.74) is 0.826. The van der Waals surface area contributed by atoms with Gasteiger partial charge in [0.1, 0.15) is 10.1 Å². The van der Waals surface area contributed by atoms with Crippen molar-refractivity contribution in [3.05, 3.63) is 58.9 Å². The summed E-state index contributed by atoms with van der Waals surface area (Å²) in [5, 5.41) is 0. The number of rotatable bonds is 5. The minimum Gasteiger partial charge on any atom is -0.457 e. The zero-order valence-corrected chi connectivity index (χ0v) is 15.9. The summed E-state index contributed by atoms with van der Waals surface area (Å²) >= 11 is 6.63. The quantitative estimate of drug-likeness (QED) is 0.326. The Labute approximate surface area is 161 Å². The Balaban J connectivity index is 1.71. The number of esters is 1. The molecular weight excluding hydrogens is 370 g/mol. The van der Waals surface area contributed by atoms with E-state index in [1.165, 1.54) is 24.1 Å². The van der Waals surface area contributed by atoms with Crippen LogP contribution in [0, 0.1) is 0 Å². The summed E-state index contributed by atoms with van der Waals surface area (Å²) in [6, 6.07) is 10.1. The molecule has 3 rings (SSSR count). The number of benzene rings is 1. The number of hydrogen-bond acceptors (Lipinski definition) is 6. The first-order valence-electron chi connectivity index (χ1n) is 8.12. The van der Waals surface area contributed by atoms with Gasteiger partial charge < -0.3 is 9.15 Å². The van der Waals surface area contributed by atoms with Crippen LogP contribution < -0.4 is 4.74 Å². The van der Waals surface area contributed by atoms with Gasteiger partial charge in [0.05, 0.1) is 11.2 Å². The summed E-state index contributed by atoms with van der Waals surface area (Å²) < 4.78 is 10.8. The number of carbonyl (C=O) groups excluding carboxylic acids is 2. The van der Waals surface area contributed by atoms with Crippen molar-refractivity contribution in [2.24, 2.45) is 0 Å². The number of ether oxygens (including phenoxy) is 1. The van der Waals surface area contributed by atoms with E-state index in [1.54, 1.807) is 41.3 Å². The molecule has 1 aliphatic heterocycles. The van der Waals surface area contributed by atoms with Crippen molar-refractivity contribution in [2.45, 2.75) is 26.3 Å². The molecule has 1 aromatic carbocycles. The SMILES string of the molecule is CCC(C)N1C(=O)C(=Cc2ccc(OC(=O)c3ccco3)cc2)SC1=S. The van der Waals surface area contributed by atoms with E-state index < -0.39 is 5.97 Å². The predicted octanol–water partition coefficient (Wildman–Crippen LogP) is 4.50. The lowest BCUT2D eigenvalue weighted by Gasteiger charge is -2.21. The van der Waals surface area contributed by atoms with E-state index in [4.69, 9.17) is 21.4 Å². The summed E-state index contributed by atoms with van der Waals surface area (Å²) in [4.78, 5) is 26.6. The Morgan fingerprint density at radius 2 is 2.08 bits per heavy atom. The molecule has 5 nitrogen and oxygen atoms in total. The van der Waals surface area contributed by atoms with Gasteiger partial charge in [-0.3, -0.25) is 9.69 Å². The molecule has 0 N–H and O–H groups in total. The number of hydrogen-bond donors (Lipinski definition) is 0. The first-order chi connectivity index (χ1) is 12.5. The van der Waals surface area contributed by atoms with Gasteiger partial charge in [0, 0.05) is 6.04 Å². The number of carbonyl (C=O) groups is 2. The Morgan fingerprint density at radius 1 is 1.35 bits per heavy atom. The van der Waals surface area contributed by atoms with Gasteiger partial charge in [0.25, 0.3) is 5.91 Å². The first kappa shape index (κ1) is 18.4. The average Bonchev–Trinajstić information content (AvgIpc) is 3.25. The fourth-order valence-electron chi connectivity index (χ4n) is 2.38. The molecule has 0 aliphatic carbocycles. The van der Waals surface area contributed by atoms with Crippen LogP contribution in [0.1, 0.15) is 36.4 Å². The first-order valence-corrected chi connectivity index (χ1v) is 9.35. The lowest BCUT2D eigenvalue weighted by molar-refractivity contribution is -0.123. The number of amides is 1. The molecule has 1 fully saturated rings. The predicted molar refractivity (Wildman–Crippen MR) is 105 cm³/mol. The molecule has 0 radical (unpaired) electrons. The van der Waals surface area contributed by atoms with Gasteiger partial charge in [-0.15, -0.1) is 0 Å². The molecule has 26 heavy (non-hydrogen) atoms. The summed E-state index contributed by atoms with van der Waals surface area (Å²) in [6.07, 6.45) is 4.05. The van der Waals surface area contributed by atoms with Gasteiger partial charge >= 0.3 is 5.97 Å². The number of nitrogens with zero attached hydrogens (tertiary/aromatic N) is 1. The molecule has 2 heterocycles. The lowest BCUT2D eigenvalue weighted by Crippen LogP contribution is -2.36. The highest BCUT2D eigenvalue weighted by atomic mass is 32.2. The standard InChI is InChI=1S/C19H17NO4S2/c1-3-12(2)20-17(21)16(26-19(20)25)11-13-6-8-14(9-7-13)24-18(22)15-5-4-10-23-15/h4-12H,3H2,1-2H3. The Bertz CT molecular complexity index is 856. The zero-order chi connectivity index (χ0) is 18.7. The fraction of sp³-hybridized carbons (Fsp3) is 0.211. The third-order valence-electron chi connectivity index (χ3n) is 3.97. The molecule has 1 saturated heterocycles. The van der Waals surface area contributed by atoms with Crippen LogP contribution in [0.15, 0.2) is 52.0 Å². The number of furan rings is 1. The molecule has 1 aromatic heterocycles. The van der Waals surface area contributed by atoms with Crippen LogP contribution in [0.3, 0.4) is 0 Å². The number of thioether (sulfide) groups is 1. The van der Waals surface area contributed by atoms with E-state index in [0.29, 0.717) is 15.0 Å². The zero-order valence-electron chi connectivity index (χ0n) is 14.3. The van der Waals surface area contributed by atoms with Gasteiger partial charge in [0.15, 0.2) is 0 Å². The largest absolute Gasteiger partial charge is 0.457 e. The van der Waals surface area contributed by atoms with Crippen molar-refractivity contribution in [3.63, 3.8) is 0 Å². The van der Waals surface area contributed by atoms with Crippen LogP contribution in [-0.2, 0) is 4.79 Å². The van der Waals surface area contributed by atoms with Crippen molar-refractivity contribution >= 4 is 46.3 Å². The van der Waals surface area contributed by atoms with Gasteiger partial charge in [-0.1, -0.05) is 43.0 Å². The monoisotopic (exact) mass is 387 g/mol. The highest BCUT2D eigenvalue weighted by Crippen LogP contribution is 2.34. The minimum absolute atomic E-state index is 0.0670. The van der Waals surface area contributed by atoms with Crippen molar-refractivity contribution in [1.29, 1.82) is 0 Å². The van der Waals surface area contributed by atoms with E-state index in [0.717, 1.165) is 12.0 Å². The molecule has 1 amide bonds. The Hall–Kier alpha value is -2.38. The van der Waals surface area contributed by atoms with E-state index in [1.807, 2.05) is 13.8 Å². The second-order valence-electron chi connectivity index (χ2n) is 5.74. The smallest absolute Gasteiger partial charge is 0.379 e. The summed E-state index contributed by atoms with van der Waals surface area (Å²) in [7, 11) is 0. The van der Waals surface area contributed by atoms with Crippen LogP contribution in [-0.4, -0.2) is 27.1 Å². The Kier molecular flexibility index (Phi) is 5.58. The second-order valence-corrected chi connectivity index (χ2v) is 7.42. The molecule has 0 saturated carbocycles. The van der Waals surface area contributed by atoms with Gasteiger partial charge in [-0.25, -0.2) is 4.79 Å². The molecular formula is C19H17NO4S2. The van der Waals surface area contributed by atoms with E-state index >= 15 is 0 Å². The maximum Gasteiger partial charge on any atom is 0.379 e. The van der Waals surface area contributed by atoms with Gasteiger partial charge in [-0.05, 0) is 49.2 Å². The van der Waals surface area contributed by atoms with Gasteiger partial charge in [-0.2, -0.15) is 0 Å². The second kappa shape index (κ2) is 7.88. The molecule has 0 spiro atoms. The van der Waals surface area contributed by atoms with Crippen molar-refractivity contribution in [2.75, 3.05) is 0 Å². The fourth-order valence-corrected chi connectivity index (χ4v) is 3.84. The van der Waals surface area contributed by atoms with E-state index in [-0.39, 0.29) is 17.7 Å². The molecule has 0 bridgehead atoms. The topological polar surface area (TPSA) is 59.8 Å². The molecule has 7 heteroatoms. The van der Waals surface area contributed by atoms with Crippen LogP contribution in [0.5, 0.6) is 5.75 Å². The normalized spacial score (nSPS) is 17.0. The van der Waals surface area contributed by atoms with E-state index in [2.05, 4.69) is 0 Å². The highest BCUT2D eigenvalue weighted by Gasteiger charge is 2.34.